The molecule has 0 fully saturated rings. The summed E-state index contributed by atoms with van der Waals surface area (Å²) in [6.45, 7) is 4.46. The van der Waals surface area contributed by atoms with Crippen molar-refractivity contribution in [3.05, 3.63) is 71.3 Å². The Hall–Kier alpha value is -2.11. The molecule has 0 saturated heterocycles. The third-order valence-electron chi connectivity index (χ3n) is 3.65. The van der Waals surface area contributed by atoms with Crippen LogP contribution in [0.5, 0.6) is 0 Å². The van der Waals surface area contributed by atoms with Gasteiger partial charge in [-0.25, -0.2) is 0 Å². The molecule has 3 rings (SSSR count). The van der Waals surface area contributed by atoms with E-state index in [2.05, 4.69) is 28.6 Å². The lowest BCUT2D eigenvalue weighted by Crippen LogP contribution is -2.30. The van der Waals surface area contributed by atoms with E-state index in [1.165, 1.54) is 0 Å². The van der Waals surface area contributed by atoms with Gasteiger partial charge in [-0.3, -0.25) is 9.36 Å². The molecule has 120 valence electrons. The maximum Gasteiger partial charge on any atom is 0.0674 e. The second kappa shape index (κ2) is 7.44. The van der Waals surface area contributed by atoms with E-state index in [0.29, 0.717) is 12.6 Å². The Morgan fingerprint density at radius 2 is 2.04 bits per heavy atom. The molecule has 0 saturated carbocycles. The van der Waals surface area contributed by atoms with Gasteiger partial charge in [0.05, 0.1) is 19.3 Å². The topological polar surface area (TPSA) is 47.7 Å². The highest BCUT2D eigenvalue weighted by Gasteiger charge is 2.06. The number of aromatic nitrogens is 4. The van der Waals surface area contributed by atoms with Crippen molar-refractivity contribution in [1.82, 2.24) is 24.9 Å². The van der Waals surface area contributed by atoms with E-state index in [1.807, 2.05) is 52.1 Å². The Bertz CT molecular complexity index is 735. The third kappa shape index (κ3) is 4.43. The lowest BCUT2D eigenvalue weighted by atomic mass is 10.2. The molecule has 0 bridgehead atoms. The molecule has 1 unspecified atom stereocenters. The molecule has 1 aromatic carbocycles. The molecule has 0 aliphatic heterocycles. The summed E-state index contributed by atoms with van der Waals surface area (Å²) in [6, 6.07) is 10.1. The first-order valence-electron chi connectivity index (χ1n) is 7.66. The molecule has 2 heterocycles. The van der Waals surface area contributed by atoms with Crippen LogP contribution >= 0.6 is 11.6 Å². The number of hydrogen-bond donors (Lipinski definition) is 1. The first kappa shape index (κ1) is 15.8. The molecular formula is C17H20ClN5. The van der Waals surface area contributed by atoms with Gasteiger partial charge in [0.2, 0.25) is 0 Å². The van der Waals surface area contributed by atoms with Gasteiger partial charge in [-0.05, 0) is 24.6 Å². The quantitative estimate of drug-likeness (QED) is 0.725. The minimum Gasteiger partial charge on any atom is -0.308 e. The molecule has 0 amide bonds. The number of hydrogen-bond acceptors (Lipinski definition) is 3. The van der Waals surface area contributed by atoms with Crippen LogP contribution in [0, 0.1) is 0 Å². The van der Waals surface area contributed by atoms with Crippen molar-refractivity contribution in [2.24, 2.45) is 0 Å². The van der Waals surface area contributed by atoms with Gasteiger partial charge in [-0.1, -0.05) is 29.8 Å². The summed E-state index contributed by atoms with van der Waals surface area (Å²) < 4.78 is 3.84. The van der Waals surface area contributed by atoms with E-state index in [9.17, 15) is 0 Å². The largest absolute Gasteiger partial charge is 0.308 e. The summed E-state index contributed by atoms with van der Waals surface area (Å²) in [4.78, 5) is 0. The summed E-state index contributed by atoms with van der Waals surface area (Å²) >= 11 is 6.19. The highest BCUT2D eigenvalue weighted by atomic mass is 35.5. The van der Waals surface area contributed by atoms with E-state index in [4.69, 9.17) is 11.6 Å². The predicted octanol–water partition coefficient (Wildman–Crippen LogP) is 2.96. The molecule has 1 N–H and O–H groups in total. The van der Waals surface area contributed by atoms with Crippen molar-refractivity contribution < 1.29 is 0 Å². The van der Waals surface area contributed by atoms with Crippen molar-refractivity contribution in [3.63, 3.8) is 0 Å². The fourth-order valence-corrected chi connectivity index (χ4v) is 2.63. The van der Waals surface area contributed by atoms with E-state index in [1.54, 1.807) is 6.20 Å². The van der Waals surface area contributed by atoms with Crippen LogP contribution < -0.4 is 5.32 Å². The van der Waals surface area contributed by atoms with Crippen molar-refractivity contribution in [3.8, 4) is 0 Å². The van der Waals surface area contributed by atoms with Gasteiger partial charge in [0.15, 0.2) is 0 Å². The third-order valence-corrected chi connectivity index (χ3v) is 4.02. The average Bonchev–Trinajstić information content (AvgIpc) is 3.19. The highest BCUT2D eigenvalue weighted by Crippen LogP contribution is 2.16. The first-order valence-corrected chi connectivity index (χ1v) is 8.04. The Morgan fingerprint density at radius 1 is 1.17 bits per heavy atom. The summed E-state index contributed by atoms with van der Waals surface area (Å²) in [6.07, 6.45) is 7.71. The van der Waals surface area contributed by atoms with Gasteiger partial charge in [0.25, 0.3) is 0 Å². The fourth-order valence-electron chi connectivity index (χ4n) is 2.43. The van der Waals surface area contributed by atoms with Crippen LogP contribution in [0.2, 0.25) is 5.02 Å². The normalized spacial score (nSPS) is 12.4. The fraction of sp³-hybridized carbons (Fsp3) is 0.294. The van der Waals surface area contributed by atoms with Crippen LogP contribution in [0.3, 0.4) is 0 Å². The lowest BCUT2D eigenvalue weighted by molar-refractivity contribution is 0.450. The average molecular weight is 330 g/mol. The van der Waals surface area contributed by atoms with Crippen LogP contribution in [0.15, 0.2) is 55.1 Å². The molecule has 0 radical (unpaired) electrons. The smallest absolute Gasteiger partial charge is 0.0674 e. The lowest BCUT2D eigenvalue weighted by Gasteiger charge is -2.12. The molecule has 3 aromatic rings. The molecule has 6 heteroatoms. The Labute approximate surface area is 140 Å². The number of rotatable bonds is 7. The van der Waals surface area contributed by atoms with E-state index < -0.39 is 0 Å². The van der Waals surface area contributed by atoms with Crippen molar-refractivity contribution in [2.45, 2.75) is 32.6 Å². The van der Waals surface area contributed by atoms with Gasteiger partial charge in [-0.15, -0.1) is 0 Å². The number of halogens is 1. The first-order chi connectivity index (χ1) is 11.2. The number of nitrogens with zero attached hydrogens (tertiary/aromatic N) is 4. The van der Waals surface area contributed by atoms with Gasteiger partial charge in [-0.2, -0.15) is 10.2 Å². The zero-order chi connectivity index (χ0) is 16.1. The van der Waals surface area contributed by atoms with Gasteiger partial charge in [0, 0.05) is 41.8 Å². The zero-order valence-corrected chi connectivity index (χ0v) is 13.8. The van der Waals surface area contributed by atoms with Crippen LogP contribution in [-0.4, -0.2) is 25.6 Å². The molecule has 5 nitrogen and oxygen atoms in total. The van der Waals surface area contributed by atoms with E-state index >= 15 is 0 Å². The van der Waals surface area contributed by atoms with Crippen molar-refractivity contribution >= 4 is 11.6 Å². The Kier molecular flexibility index (Phi) is 5.10. The monoisotopic (exact) mass is 329 g/mol. The van der Waals surface area contributed by atoms with Gasteiger partial charge in [0.1, 0.15) is 0 Å². The van der Waals surface area contributed by atoms with Crippen molar-refractivity contribution in [1.29, 1.82) is 0 Å². The summed E-state index contributed by atoms with van der Waals surface area (Å²) in [5, 5.41) is 12.9. The van der Waals surface area contributed by atoms with Crippen molar-refractivity contribution in [2.75, 3.05) is 0 Å². The van der Waals surface area contributed by atoms with Crippen LogP contribution in [0.4, 0.5) is 0 Å². The maximum absolute atomic E-state index is 6.19. The standard InChI is InChI=1S/C17H20ClN5/c1-14(11-22-8-4-7-20-22)19-9-15-10-21-23(12-15)13-16-5-2-3-6-17(16)18/h2-8,10,12,14,19H,9,11,13H2,1H3. The summed E-state index contributed by atoms with van der Waals surface area (Å²) in [5.74, 6) is 0. The molecular weight excluding hydrogens is 310 g/mol. The molecule has 0 aliphatic carbocycles. The van der Waals surface area contributed by atoms with Crippen LogP contribution in [0.1, 0.15) is 18.1 Å². The van der Waals surface area contributed by atoms with Gasteiger partial charge >= 0.3 is 0 Å². The van der Waals surface area contributed by atoms with Crippen LogP contribution in [0.25, 0.3) is 0 Å². The van der Waals surface area contributed by atoms with E-state index in [0.717, 1.165) is 29.2 Å². The molecule has 1 atom stereocenters. The summed E-state index contributed by atoms with van der Waals surface area (Å²) in [7, 11) is 0. The highest BCUT2D eigenvalue weighted by molar-refractivity contribution is 6.31. The summed E-state index contributed by atoms with van der Waals surface area (Å²) in [5.41, 5.74) is 2.23. The van der Waals surface area contributed by atoms with E-state index in [-0.39, 0.29) is 0 Å². The molecule has 0 aliphatic rings. The van der Waals surface area contributed by atoms with Crippen LogP contribution in [-0.2, 0) is 19.6 Å². The molecule has 0 spiro atoms. The molecule has 23 heavy (non-hydrogen) atoms. The maximum atomic E-state index is 6.19. The Balaban J connectivity index is 1.52. The minimum absolute atomic E-state index is 0.335. The van der Waals surface area contributed by atoms with Gasteiger partial charge < -0.3 is 5.32 Å². The second-order valence-electron chi connectivity index (χ2n) is 5.65. The minimum atomic E-state index is 0.335. The number of benzene rings is 1. The second-order valence-corrected chi connectivity index (χ2v) is 6.05. The molecule has 2 aromatic heterocycles. The number of nitrogens with one attached hydrogen (secondary N) is 1. The zero-order valence-electron chi connectivity index (χ0n) is 13.1. The predicted molar refractivity (Wildman–Crippen MR) is 91.3 cm³/mol. The Morgan fingerprint density at radius 3 is 2.83 bits per heavy atom. The SMILES string of the molecule is CC(Cn1cccn1)NCc1cnn(Cc2ccccc2Cl)c1.